The highest BCUT2D eigenvalue weighted by molar-refractivity contribution is 8.00. The van der Waals surface area contributed by atoms with Gasteiger partial charge in [-0.15, -0.1) is 0 Å². The van der Waals surface area contributed by atoms with Crippen molar-refractivity contribution >= 4 is 11.8 Å². The average Bonchev–Trinajstić information content (AvgIpc) is 2.65. The van der Waals surface area contributed by atoms with Crippen LogP contribution in [-0.4, -0.2) is 17.0 Å². The van der Waals surface area contributed by atoms with Crippen LogP contribution < -0.4 is 5.73 Å². The van der Waals surface area contributed by atoms with E-state index in [-0.39, 0.29) is 0 Å². The third-order valence-electron chi connectivity index (χ3n) is 2.56. The normalized spacial score (nSPS) is 36.3. The largest absolute Gasteiger partial charge is 0.326 e. The van der Waals surface area contributed by atoms with Crippen molar-refractivity contribution in [2.75, 3.05) is 5.75 Å². The minimum absolute atomic E-state index is 0.535. The fourth-order valence-electron chi connectivity index (χ4n) is 1.69. The lowest BCUT2D eigenvalue weighted by molar-refractivity contribution is 0.553. The van der Waals surface area contributed by atoms with E-state index in [1.165, 1.54) is 31.4 Å². The lowest BCUT2D eigenvalue weighted by Gasteiger charge is -2.16. The summed E-state index contributed by atoms with van der Waals surface area (Å²) in [5, 5.41) is 0.812. The van der Waals surface area contributed by atoms with Crippen LogP contribution in [0.5, 0.6) is 0 Å². The van der Waals surface area contributed by atoms with Crippen LogP contribution in [0.15, 0.2) is 0 Å². The molecule has 10 heavy (non-hydrogen) atoms. The average molecular weight is 157 g/mol. The van der Waals surface area contributed by atoms with Gasteiger partial charge in [-0.3, -0.25) is 0 Å². The van der Waals surface area contributed by atoms with Gasteiger partial charge in [0.1, 0.15) is 0 Å². The van der Waals surface area contributed by atoms with Gasteiger partial charge in [0.25, 0.3) is 0 Å². The molecule has 0 spiro atoms. The van der Waals surface area contributed by atoms with Crippen molar-refractivity contribution in [3.05, 3.63) is 0 Å². The van der Waals surface area contributed by atoms with Crippen molar-refractivity contribution in [1.82, 2.24) is 0 Å². The van der Waals surface area contributed by atoms with E-state index in [0.717, 1.165) is 11.2 Å². The summed E-state index contributed by atoms with van der Waals surface area (Å²) < 4.78 is 0. The third kappa shape index (κ3) is 1.32. The highest BCUT2D eigenvalue weighted by atomic mass is 32.2. The SMILES string of the molecule is NC(C1CC1)C1CCCS1. The predicted molar refractivity (Wildman–Crippen MR) is 46.2 cm³/mol. The smallest absolute Gasteiger partial charge is 0.0202 e. The molecule has 1 saturated heterocycles. The number of rotatable bonds is 2. The Kier molecular flexibility index (Phi) is 1.92. The Labute approximate surface area is 66.7 Å². The van der Waals surface area contributed by atoms with Gasteiger partial charge in [0, 0.05) is 11.3 Å². The van der Waals surface area contributed by atoms with E-state index in [2.05, 4.69) is 11.8 Å². The Morgan fingerprint density at radius 3 is 2.60 bits per heavy atom. The summed E-state index contributed by atoms with van der Waals surface area (Å²) in [5.74, 6) is 2.25. The minimum Gasteiger partial charge on any atom is -0.326 e. The summed E-state index contributed by atoms with van der Waals surface area (Å²) in [6, 6.07) is 0.535. The predicted octanol–water partition coefficient (Wildman–Crippen LogP) is 1.62. The molecule has 0 bridgehead atoms. The molecular weight excluding hydrogens is 142 g/mol. The summed E-state index contributed by atoms with van der Waals surface area (Å²) >= 11 is 2.09. The Hall–Kier alpha value is 0.310. The zero-order valence-electron chi connectivity index (χ0n) is 6.25. The van der Waals surface area contributed by atoms with Crippen molar-refractivity contribution in [2.24, 2.45) is 11.7 Å². The van der Waals surface area contributed by atoms with Gasteiger partial charge in [-0.05, 0) is 37.4 Å². The highest BCUT2D eigenvalue weighted by Crippen LogP contribution is 2.39. The zero-order chi connectivity index (χ0) is 6.97. The molecule has 2 N–H and O–H groups in total. The molecule has 1 nitrogen and oxygen atoms in total. The second-order valence-electron chi connectivity index (χ2n) is 3.47. The number of hydrogen-bond donors (Lipinski definition) is 1. The second-order valence-corrected chi connectivity index (χ2v) is 4.81. The lowest BCUT2D eigenvalue weighted by atomic mass is 10.1. The summed E-state index contributed by atoms with van der Waals surface area (Å²) in [4.78, 5) is 0. The number of hydrogen-bond acceptors (Lipinski definition) is 2. The van der Waals surface area contributed by atoms with E-state index >= 15 is 0 Å². The summed E-state index contributed by atoms with van der Waals surface area (Å²) in [6.07, 6.45) is 5.58. The molecular formula is C8H15NS. The summed E-state index contributed by atoms with van der Waals surface area (Å²) in [6.45, 7) is 0. The molecule has 1 aliphatic carbocycles. The van der Waals surface area contributed by atoms with Crippen LogP contribution in [0.25, 0.3) is 0 Å². The molecule has 1 aliphatic heterocycles. The van der Waals surface area contributed by atoms with Crippen molar-refractivity contribution in [3.63, 3.8) is 0 Å². The fourth-order valence-corrected chi connectivity index (χ4v) is 3.10. The molecule has 0 aromatic heterocycles. The van der Waals surface area contributed by atoms with Crippen LogP contribution >= 0.6 is 11.8 Å². The van der Waals surface area contributed by atoms with Gasteiger partial charge in [0.15, 0.2) is 0 Å². The molecule has 0 aromatic rings. The van der Waals surface area contributed by atoms with E-state index in [1.807, 2.05) is 0 Å². The van der Waals surface area contributed by atoms with Crippen molar-refractivity contribution in [3.8, 4) is 0 Å². The Morgan fingerprint density at radius 1 is 1.30 bits per heavy atom. The molecule has 2 aliphatic rings. The van der Waals surface area contributed by atoms with Gasteiger partial charge >= 0.3 is 0 Å². The van der Waals surface area contributed by atoms with Gasteiger partial charge < -0.3 is 5.73 Å². The highest BCUT2D eigenvalue weighted by Gasteiger charge is 2.35. The quantitative estimate of drug-likeness (QED) is 0.659. The van der Waals surface area contributed by atoms with Gasteiger partial charge in [-0.25, -0.2) is 0 Å². The van der Waals surface area contributed by atoms with Gasteiger partial charge in [-0.1, -0.05) is 0 Å². The molecule has 0 aromatic carbocycles. The Morgan fingerprint density at radius 2 is 2.10 bits per heavy atom. The van der Waals surface area contributed by atoms with Gasteiger partial charge in [0.2, 0.25) is 0 Å². The number of nitrogens with two attached hydrogens (primary N) is 1. The topological polar surface area (TPSA) is 26.0 Å². The molecule has 2 atom stereocenters. The second kappa shape index (κ2) is 2.74. The molecule has 2 unspecified atom stereocenters. The summed E-state index contributed by atoms with van der Waals surface area (Å²) in [5.41, 5.74) is 6.06. The Balaban J connectivity index is 1.84. The first kappa shape index (κ1) is 6.99. The van der Waals surface area contributed by atoms with E-state index < -0.39 is 0 Å². The van der Waals surface area contributed by atoms with E-state index in [0.29, 0.717) is 6.04 Å². The van der Waals surface area contributed by atoms with Crippen molar-refractivity contribution in [1.29, 1.82) is 0 Å². The zero-order valence-corrected chi connectivity index (χ0v) is 7.07. The van der Waals surface area contributed by atoms with Crippen LogP contribution in [0.4, 0.5) is 0 Å². The standard InChI is InChI=1S/C8H15NS/c9-8(6-3-4-6)7-2-1-5-10-7/h6-8H,1-5,9H2. The van der Waals surface area contributed by atoms with Crippen molar-refractivity contribution < 1.29 is 0 Å². The molecule has 2 heteroatoms. The first-order valence-corrected chi connectivity index (χ1v) is 5.30. The van der Waals surface area contributed by atoms with E-state index in [9.17, 15) is 0 Å². The molecule has 2 fully saturated rings. The molecule has 0 radical (unpaired) electrons. The third-order valence-corrected chi connectivity index (χ3v) is 4.06. The molecule has 58 valence electrons. The molecule has 1 heterocycles. The fraction of sp³-hybridized carbons (Fsp3) is 1.00. The maximum Gasteiger partial charge on any atom is 0.0202 e. The monoisotopic (exact) mass is 157 g/mol. The van der Waals surface area contributed by atoms with Gasteiger partial charge in [0.05, 0.1) is 0 Å². The van der Waals surface area contributed by atoms with Gasteiger partial charge in [-0.2, -0.15) is 11.8 Å². The molecule has 2 rings (SSSR count). The van der Waals surface area contributed by atoms with Crippen LogP contribution in [0.1, 0.15) is 25.7 Å². The maximum absolute atomic E-state index is 6.06. The van der Waals surface area contributed by atoms with Crippen LogP contribution in [-0.2, 0) is 0 Å². The molecule has 1 saturated carbocycles. The first-order chi connectivity index (χ1) is 4.88. The van der Waals surface area contributed by atoms with Crippen LogP contribution in [0.3, 0.4) is 0 Å². The summed E-state index contributed by atoms with van der Waals surface area (Å²) in [7, 11) is 0. The van der Waals surface area contributed by atoms with E-state index in [4.69, 9.17) is 5.73 Å². The Bertz CT molecular complexity index is 116. The first-order valence-electron chi connectivity index (χ1n) is 4.25. The lowest BCUT2D eigenvalue weighted by Crippen LogP contribution is -2.32. The van der Waals surface area contributed by atoms with Crippen LogP contribution in [0, 0.1) is 5.92 Å². The minimum atomic E-state index is 0.535. The maximum atomic E-state index is 6.06. The molecule has 0 amide bonds. The number of thioether (sulfide) groups is 1. The van der Waals surface area contributed by atoms with Crippen LogP contribution in [0.2, 0.25) is 0 Å². The van der Waals surface area contributed by atoms with E-state index in [1.54, 1.807) is 0 Å². The van der Waals surface area contributed by atoms with Crippen molar-refractivity contribution in [2.45, 2.75) is 37.0 Å².